The highest BCUT2D eigenvalue weighted by Crippen LogP contribution is 2.31. The molecule has 3 rings (SSSR count). The van der Waals surface area contributed by atoms with Crippen molar-refractivity contribution in [2.75, 3.05) is 0 Å². The van der Waals surface area contributed by atoms with Crippen molar-refractivity contribution in [2.45, 2.75) is 57.7 Å². The molecule has 0 radical (unpaired) electrons. The highest BCUT2D eigenvalue weighted by atomic mass is 16.2. The van der Waals surface area contributed by atoms with Gasteiger partial charge in [-0.1, -0.05) is 12.8 Å². The van der Waals surface area contributed by atoms with Crippen LogP contribution in [0.4, 0.5) is 0 Å². The monoisotopic (exact) mass is 346 g/mol. The molecule has 2 aromatic heterocycles. The maximum absolute atomic E-state index is 12.2. The third kappa shape index (κ3) is 4.04. The maximum Gasteiger partial charge on any atom is 0.328 e. The topological polar surface area (TPSA) is 115 Å². The highest BCUT2D eigenvalue weighted by Gasteiger charge is 2.23. The van der Waals surface area contributed by atoms with E-state index >= 15 is 0 Å². The lowest BCUT2D eigenvalue weighted by Gasteiger charge is -2.18. The van der Waals surface area contributed by atoms with Gasteiger partial charge in [0.15, 0.2) is 5.82 Å². The fourth-order valence-corrected chi connectivity index (χ4v) is 3.25. The second-order valence-electron chi connectivity index (χ2n) is 6.38. The van der Waals surface area contributed by atoms with Crippen LogP contribution in [0.25, 0.3) is 0 Å². The lowest BCUT2D eigenvalue weighted by atomic mass is 10.2. The van der Waals surface area contributed by atoms with Crippen molar-refractivity contribution in [3.05, 3.63) is 45.3 Å². The van der Waals surface area contributed by atoms with Crippen molar-refractivity contribution in [3.63, 3.8) is 0 Å². The Morgan fingerprint density at radius 1 is 1.40 bits per heavy atom. The summed E-state index contributed by atoms with van der Waals surface area (Å²) in [6, 6.07) is 1.40. The molecule has 2 aromatic rings. The first-order valence-electron chi connectivity index (χ1n) is 8.53. The van der Waals surface area contributed by atoms with Crippen LogP contribution >= 0.6 is 0 Å². The number of carbonyl (C=O) groups is 1. The Morgan fingerprint density at radius 2 is 2.16 bits per heavy atom. The lowest BCUT2D eigenvalue weighted by Crippen LogP contribution is -2.33. The van der Waals surface area contributed by atoms with Crippen molar-refractivity contribution < 1.29 is 4.79 Å². The summed E-state index contributed by atoms with van der Waals surface area (Å²) in [7, 11) is 0. The molecule has 0 aromatic carbocycles. The van der Waals surface area contributed by atoms with Gasteiger partial charge in [0.1, 0.15) is 6.33 Å². The van der Waals surface area contributed by atoms with Crippen molar-refractivity contribution in [1.82, 2.24) is 29.6 Å². The van der Waals surface area contributed by atoms with E-state index in [9.17, 15) is 14.4 Å². The fourth-order valence-electron chi connectivity index (χ4n) is 3.25. The van der Waals surface area contributed by atoms with Crippen LogP contribution in [0.1, 0.15) is 56.9 Å². The maximum atomic E-state index is 12.2. The number of hydrogen-bond donors (Lipinski definition) is 2. The number of carbonyl (C=O) groups excluding carboxylic acids is 1. The lowest BCUT2D eigenvalue weighted by molar-refractivity contribution is -0.122. The van der Waals surface area contributed by atoms with E-state index in [0.717, 1.165) is 18.7 Å². The van der Waals surface area contributed by atoms with Gasteiger partial charge in [-0.2, -0.15) is 0 Å². The van der Waals surface area contributed by atoms with Crippen LogP contribution in [0, 0.1) is 0 Å². The number of aromatic amines is 1. The minimum absolute atomic E-state index is 0.133. The Morgan fingerprint density at radius 3 is 2.88 bits per heavy atom. The Bertz CT molecular complexity index is 846. The molecule has 1 atom stereocenters. The third-order valence-electron chi connectivity index (χ3n) is 4.56. The SMILES string of the molecule is C[C@@H](NC(=O)CCn1ccc(=O)[nH]c1=O)c1nncn1C1CCCC1. The zero-order valence-corrected chi connectivity index (χ0v) is 14.1. The highest BCUT2D eigenvalue weighted by molar-refractivity contribution is 5.76. The van der Waals surface area contributed by atoms with E-state index in [2.05, 4.69) is 25.1 Å². The predicted octanol–water partition coefficient (Wildman–Crippen LogP) is 0.511. The first-order chi connectivity index (χ1) is 12.0. The van der Waals surface area contributed by atoms with Crippen LogP contribution in [-0.4, -0.2) is 30.2 Å². The van der Waals surface area contributed by atoms with Gasteiger partial charge in [0.25, 0.3) is 5.56 Å². The van der Waals surface area contributed by atoms with Crippen molar-refractivity contribution in [1.29, 1.82) is 0 Å². The summed E-state index contributed by atoms with van der Waals surface area (Å²) in [5.41, 5.74) is -0.972. The normalized spacial score (nSPS) is 16.0. The molecule has 2 heterocycles. The Hall–Kier alpha value is -2.71. The second-order valence-corrected chi connectivity index (χ2v) is 6.38. The Labute approximate surface area is 144 Å². The smallest absolute Gasteiger partial charge is 0.328 e. The first kappa shape index (κ1) is 17.1. The first-order valence-corrected chi connectivity index (χ1v) is 8.53. The molecule has 0 saturated heterocycles. The number of nitrogens with one attached hydrogen (secondary N) is 2. The molecule has 0 spiro atoms. The number of aryl methyl sites for hydroxylation is 1. The van der Waals surface area contributed by atoms with E-state index in [-0.39, 0.29) is 24.9 Å². The van der Waals surface area contributed by atoms with Gasteiger partial charge in [-0.05, 0) is 19.8 Å². The largest absolute Gasteiger partial charge is 0.346 e. The van der Waals surface area contributed by atoms with E-state index in [1.165, 1.54) is 29.7 Å². The van der Waals surface area contributed by atoms with Crippen LogP contribution in [0.3, 0.4) is 0 Å². The molecule has 0 bridgehead atoms. The molecule has 2 N–H and O–H groups in total. The number of aromatic nitrogens is 5. The molecular formula is C16H22N6O3. The molecule has 25 heavy (non-hydrogen) atoms. The van der Waals surface area contributed by atoms with E-state index in [4.69, 9.17) is 0 Å². The van der Waals surface area contributed by atoms with Crippen molar-refractivity contribution in [2.24, 2.45) is 0 Å². The van der Waals surface area contributed by atoms with Gasteiger partial charge in [-0.25, -0.2) is 4.79 Å². The average Bonchev–Trinajstić information content (AvgIpc) is 3.25. The number of rotatable bonds is 6. The van der Waals surface area contributed by atoms with E-state index in [0.29, 0.717) is 6.04 Å². The van der Waals surface area contributed by atoms with Crippen LogP contribution in [-0.2, 0) is 11.3 Å². The second kappa shape index (κ2) is 7.45. The summed E-state index contributed by atoms with van der Waals surface area (Å²) < 4.78 is 3.36. The fraction of sp³-hybridized carbons (Fsp3) is 0.562. The third-order valence-corrected chi connectivity index (χ3v) is 4.56. The molecule has 1 aliphatic carbocycles. The van der Waals surface area contributed by atoms with Crippen LogP contribution in [0.15, 0.2) is 28.2 Å². The molecule has 9 nitrogen and oxygen atoms in total. The van der Waals surface area contributed by atoms with Crippen molar-refractivity contribution >= 4 is 5.91 Å². The standard InChI is InChI=1S/C16H22N6O3/c1-11(15-20-17-10-22(15)12-4-2-3-5-12)18-13(23)6-8-21-9-7-14(24)19-16(21)25/h7,9-12H,2-6,8H2,1H3,(H,18,23)(H,19,24,25)/t11-/m1/s1. The van der Waals surface area contributed by atoms with E-state index < -0.39 is 11.2 Å². The molecule has 1 amide bonds. The van der Waals surface area contributed by atoms with Crippen LogP contribution in [0.2, 0.25) is 0 Å². The van der Waals surface area contributed by atoms with Gasteiger partial charge < -0.3 is 14.5 Å². The molecule has 0 unspecified atom stereocenters. The van der Waals surface area contributed by atoms with Gasteiger partial charge in [0, 0.05) is 31.3 Å². The summed E-state index contributed by atoms with van der Waals surface area (Å²) in [5, 5.41) is 11.0. The van der Waals surface area contributed by atoms with Gasteiger partial charge in [0.2, 0.25) is 5.91 Å². The van der Waals surface area contributed by atoms with Gasteiger partial charge >= 0.3 is 5.69 Å². The average molecular weight is 346 g/mol. The quantitative estimate of drug-likeness (QED) is 0.791. The molecule has 134 valence electrons. The van der Waals surface area contributed by atoms with Gasteiger partial charge in [-0.15, -0.1) is 10.2 Å². The zero-order valence-electron chi connectivity index (χ0n) is 14.1. The summed E-state index contributed by atoms with van der Waals surface area (Å²) in [6.45, 7) is 2.07. The Kier molecular flexibility index (Phi) is 5.11. The zero-order chi connectivity index (χ0) is 17.8. The summed E-state index contributed by atoms with van der Waals surface area (Å²) in [4.78, 5) is 37.0. The minimum Gasteiger partial charge on any atom is -0.346 e. The Balaban J connectivity index is 1.58. The number of H-pyrrole nitrogens is 1. The summed E-state index contributed by atoms with van der Waals surface area (Å²) in [5.74, 6) is 0.563. The number of nitrogens with zero attached hydrogens (tertiary/aromatic N) is 4. The van der Waals surface area contributed by atoms with E-state index in [1.54, 1.807) is 6.33 Å². The molecule has 9 heteroatoms. The van der Waals surface area contributed by atoms with E-state index in [1.807, 2.05) is 6.92 Å². The van der Waals surface area contributed by atoms with Gasteiger partial charge in [0.05, 0.1) is 6.04 Å². The van der Waals surface area contributed by atoms with Crippen molar-refractivity contribution in [3.8, 4) is 0 Å². The predicted molar refractivity (Wildman–Crippen MR) is 90.0 cm³/mol. The summed E-state index contributed by atoms with van der Waals surface area (Å²) >= 11 is 0. The minimum atomic E-state index is -0.519. The van der Waals surface area contributed by atoms with Gasteiger partial charge in [-0.3, -0.25) is 14.6 Å². The number of amides is 1. The molecule has 1 saturated carbocycles. The van der Waals surface area contributed by atoms with Crippen LogP contribution < -0.4 is 16.6 Å². The molecule has 1 aliphatic rings. The summed E-state index contributed by atoms with van der Waals surface area (Å²) in [6.07, 6.45) is 7.88. The molecular weight excluding hydrogens is 324 g/mol. The molecule has 0 aliphatic heterocycles. The molecule has 1 fully saturated rings. The number of hydrogen-bond acceptors (Lipinski definition) is 5. The van der Waals surface area contributed by atoms with Crippen LogP contribution in [0.5, 0.6) is 0 Å².